The summed E-state index contributed by atoms with van der Waals surface area (Å²) in [6.45, 7) is 11.1. The zero-order valence-electron chi connectivity index (χ0n) is 19.5. The lowest BCUT2D eigenvalue weighted by atomic mass is 10.00. The van der Waals surface area contributed by atoms with Crippen molar-refractivity contribution in [1.82, 2.24) is 29.9 Å². The van der Waals surface area contributed by atoms with Crippen LogP contribution in [0.15, 0.2) is 0 Å². The number of carbonyl (C=O) groups is 2. The summed E-state index contributed by atoms with van der Waals surface area (Å²) in [6, 6.07) is 0.141. The quantitative estimate of drug-likeness (QED) is 0.710. The van der Waals surface area contributed by atoms with E-state index in [-0.39, 0.29) is 17.9 Å². The standard InChI is InChI=1S/C22H34N6O3/c1-14(2)23-18(29)13-27-9-11-28(12-10-27)19(30)8-7-17-15(3)20-21(24-16(17)4)26(5)25-22(20)31-6/h14H,7-13H2,1-6H3,(H,23,29). The first-order valence-electron chi connectivity index (χ1n) is 10.9. The predicted molar refractivity (Wildman–Crippen MR) is 119 cm³/mol. The van der Waals surface area contributed by atoms with Crippen LogP contribution < -0.4 is 10.1 Å². The average Bonchev–Trinajstić information content (AvgIpc) is 3.03. The molecule has 2 aromatic heterocycles. The number of piperazine rings is 1. The number of amides is 2. The zero-order valence-corrected chi connectivity index (χ0v) is 19.5. The maximum atomic E-state index is 12.8. The summed E-state index contributed by atoms with van der Waals surface area (Å²) >= 11 is 0. The third-order valence-corrected chi connectivity index (χ3v) is 5.85. The molecule has 0 aromatic carbocycles. The Labute approximate surface area is 183 Å². The van der Waals surface area contributed by atoms with Crippen molar-refractivity contribution < 1.29 is 14.3 Å². The van der Waals surface area contributed by atoms with E-state index >= 15 is 0 Å². The van der Waals surface area contributed by atoms with Gasteiger partial charge in [0, 0.05) is 51.4 Å². The number of carbonyl (C=O) groups excluding carboxylic acids is 2. The van der Waals surface area contributed by atoms with Gasteiger partial charge >= 0.3 is 0 Å². The number of hydrogen-bond donors (Lipinski definition) is 1. The molecule has 9 nitrogen and oxygen atoms in total. The predicted octanol–water partition coefficient (Wildman–Crippen LogP) is 1.20. The summed E-state index contributed by atoms with van der Waals surface area (Å²) in [5.41, 5.74) is 3.86. The molecule has 3 heterocycles. The third-order valence-electron chi connectivity index (χ3n) is 5.85. The van der Waals surface area contributed by atoms with Gasteiger partial charge < -0.3 is 15.0 Å². The molecule has 0 bridgehead atoms. The number of fused-ring (bicyclic) bond motifs is 1. The van der Waals surface area contributed by atoms with Crippen LogP contribution in [0.3, 0.4) is 0 Å². The van der Waals surface area contributed by atoms with Gasteiger partial charge in [-0.3, -0.25) is 14.5 Å². The molecule has 2 amide bonds. The number of rotatable bonds is 7. The molecular weight excluding hydrogens is 396 g/mol. The molecule has 0 spiro atoms. The van der Waals surface area contributed by atoms with Crippen LogP contribution in [0.25, 0.3) is 11.0 Å². The molecule has 0 aliphatic carbocycles. The van der Waals surface area contributed by atoms with E-state index in [4.69, 9.17) is 9.72 Å². The van der Waals surface area contributed by atoms with Crippen molar-refractivity contribution in [2.75, 3.05) is 39.8 Å². The van der Waals surface area contributed by atoms with E-state index < -0.39 is 0 Å². The first kappa shape index (κ1) is 23.0. The maximum Gasteiger partial charge on any atom is 0.242 e. The minimum absolute atomic E-state index is 0.0365. The van der Waals surface area contributed by atoms with Gasteiger partial charge in [0.1, 0.15) is 0 Å². The summed E-state index contributed by atoms with van der Waals surface area (Å²) in [4.78, 5) is 33.5. The monoisotopic (exact) mass is 430 g/mol. The largest absolute Gasteiger partial charge is 0.479 e. The van der Waals surface area contributed by atoms with Crippen LogP contribution in [-0.2, 0) is 23.1 Å². The fraction of sp³-hybridized carbons (Fsp3) is 0.636. The minimum atomic E-state index is 0.0365. The Balaban J connectivity index is 1.59. The van der Waals surface area contributed by atoms with Crippen LogP contribution >= 0.6 is 0 Å². The summed E-state index contributed by atoms with van der Waals surface area (Å²) in [7, 11) is 3.46. The van der Waals surface area contributed by atoms with Crippen LogP contribution in [0, 0.1) is 13.8 Å². The molecule has 0 atom stereocenters. The van der Waals surface area contributed by atoms with Gasteiger partial charge in [-0.05, 0) is 45.2 Å². The van der Waals surface area contributed by atoms with Crippen molar-refractivity contribution in [2.45, 2.75) is 46.6 Å². The van der Waals surface area contributed by atoms with Crippen LogP contribution in [0.1, 0.15) is 37.1 Å². The number of methoxy groups -OCH3 is 1. The normalized spacial score (nSPS) is 15.0. The zero-order chi connectivity index (χ0) is 22.7. The number of ether oxygens (including phenoxy) is 1. The Morgan fingerprint density at radius 1 is 1.16 bits per heavy atom. The molecule has 1 N–H and O–H groups in total. The Morgan fingerprint density at radius 3 is 2.45 bits per heavy atom. The van der Waals surface area contributed by atoms with Gasteiger partial charge in [-0.25, -0.2) is 9.67 Å². The molecule has 1 aliphatic heterocycles. The highest BCUT2D eigenvalue weighted by molar-refractivity contribution is 5.86. The second-order valence-corrected chi connectivity index (χ2v) is 8.51. The van der Waals surface area contributed by atoms with Gasteiger partial charge in [-0.1, -0.05) is 0 Å². The molecule has 31 heavy (non-hydrogen) atoms. The third kappa shape index (κ3) is 5.15. The van der Waals surface area contributed by atoms with Crippen LogP contribution in [-0.4, -0.2) is 82.3 Å². The Kier molecular flexibility index (Phi) is 7.15. The highest BCUT2D eigenvalue weighted by atomic mass is 16.5. The van der Waals surface area contributed by atoms with Gasteiger partial charge in [0.25, 0.3) is 0 Å². The molecule has 3 rings (SSSR count). The van der Waals surface area contributed by atoms with Gasteiger partial charge in [0.2, 0.25) is 17.7 Å². The number of hydrogen-bond acceptors (Lipinski definition) is 6. The number of pyridine rings is 1. The molecule has 9 heteroatoms. The van der Waals surface area contributed by atoms with E-state index in [0.29, 0.717) is 38.4 Å². The van der Waals surface area contributed by atoms with Gasteiger partial charge in [0.05, 0.1) is 19.0 Å². The maximum absolute atomic E-state index is 12.8. The summed E-state index contributed by atoms with van der Waals surface area (Å²) in [5, 5.41) is 8.21. The van der Waals surface area contributed by atoms with E-state index in [1.54, 1.807) is 11.8 Å². The van der Waals surface area contributed by atoms with E-state index in [1.165, 1.54) is 0 Å². The molecule has 1 aliphatic rings. The second-order valence-electron chi connectivity index (χ2n) is 8.51. The summed E-state index contributed by atoms with van der Waals surface area (Å²) < 4.78 is 7.15. The lowest BCUT2D eigenvalue weighted by molar-refractivity contribution is -0.133. The van der Waals surface area contributed by atoms with E-state index in [2.05, 4.69) is 15.3 Å². The molecule has 2 aromatic rings. The SMILES string of the molecule is COc1nn(C)c2nc(C)c(CCC(=O)N3CCN(CC(=O)NC(C)C)CC3)c(C)c12. The Hall–Kier alpha value is -2.68. The van der Waals surface area contributed by atoms with Crippen molar-refractivity contribution in [3.63, 3.8) is 0 Å². The molecule has 1 fully saturated rings. The highest BCUT2D eigenvalue weighted by Gasteiger charge is 2.24. The molecule has 0 radical (unpaired) electrons. The molecule has 0 unspecified atom stereocenters. The Bertz CT molecular complexity index is 960. The summed E-state index contributed by atoms with van der Waals surface area (Å²) in [5.74, 6) is 0.741. The first-order chi connectivity index (χ1) is 14.7. The van der Waals surface area contributed by atoms with Gasteiger partial charge in [-0.2, -0.15) is 0 Å². The molecule has 0 saturated carbocycles. The summed E-state index contributed by atoms with van der Waals surface area (Å²) in [6.07, 6.45) is 1.07. The lowest BCUT2D eigenvalue weighted by Crippen LogP contribution is -2.51. The van der Waals surface area contributed by atoms with E-state index in [1.807, 2.05) is 39.6 Å². The smallest absolute Gasteiger partial charge is 0.242 e. The number of nitrogens with one attached hydrogen (secondary N) is 1. The number of nitrogens with zero attached hydrogens (tertiary/aromatic N) is 5. The fourth-order valence-electron chi connectivity index (χ4n) is 4.22. The van der Waals surface area contributed by atoms with Crippen molar-refractivity contribution in [3.8, 4) is 5.88 Å². The molecule has 1 saturated heterocycles. The Morgan fingerprint density at radius 2 is 1.84 bits per heavy atom. The van der Waals surface area contributed by atoms with Crippen molar-refractivity contribution >= 4 is 22.8 Å². The first-order valence-corrected chi connectivity index (χ1v) is 10.9. The highest BCUT2D eigenvalue weighted by Crippen LogP contribution is 2.30. The number of aromatic nitrogens is 3. The van der Waals surface area contributed by atoms with Gasteiger partial charge in [-0.15, -0.1) is 5.10 Å². The van der Waals surface area contributed by atoms with Crippen LogP contribution in [0.4, 0.5) is 0 Å². The molecule has 170 valence electrons. The van der Waals surface area contributed by atoms with Crippen LogP contribution in [0.2, 0.25) is 0 Å². The minimum Gasteiger partial charge on any atom is -0.479 e. The van der Waals surface area contributed by atoms with Crippen molar-refractivity contribution in [2.24, 2.45) is 7.05 Å². The van der Waals surface area contributed by atoms with Crippen molar-refractivity contribution in [1.29, 1.82) is 0 Å². The topological polar surface area (TPSA) is 92.6 Å². The second kappa shape index (κ2) is 9.64. The molecular formula is C22H34N6O3. The number of aryl methyl sites for hydroxylation is 3. The average molecular weight is 431 g/mol. The van der Waals surface area contributed by atoms with Crippen molar-refractivity contribution in [3.05, 3.63) is 16.8 Å². The van der Waals surface area contributed by atoms with E-state index in [9.17, 15) is 9.59 Å². The fourth-order valence-corrected chi connectivity index (χ4v) is 4.22. The van der Waals surface area contributed by atoms with Crippen LogP contribution in [0.5, 0.6) is 5.88 Å². The lowest BCUT2D eigenvalue weighted by Gasteiger charge is -2.34. The van der Waals surface area contributed by atoms with E-state index in [0.717, 1.165) is 40.9 Å². The van der Waals surface area contributed by atoms with Gasteiger partial charge in [0.15, 0.2) is 5.65 Å².